The van der Waals surface area contributed by atoms with E-state index in [4.69, 9.17) is 5.53 Å². The minimum atomic E-state index is -0.525. The number of ether oxygens (including phenoxy) is 2. The predicted octanol–water partition coefficient (Wildman–Crippen LogP) is 1.02. The zero-order chi connectivity index (χ0) is 11.4. The number of carbonyl (C=O) groups is 2. The Kier molecular flexibility index (Phi) is 12.7. The zero-order valence-electron chi connectivity index (χ0n) is 7.77. The fraction of sp³-hybridized carbons (Fsp3) is 0.667. The number of nitrogens with zero attached hydrogens (tertiary/aromatic N) is 3. The molecule has 0 fully saturated rings. The molecule has 0 aliphatic heterocycles. The Bertz CT molecular complexity index is 221. The van der Waals surface area contributed by atoms with Crippen LogP contribution in [0.3, 0.4) is 0 Å². The van der Waals surface area contributed by atoms with E-state index in [1.807, 2.05) is 0 Å². The molecule has 8 heteroatoms. The van der Waals surface area contributed by atoms with Crippen LogP contribution >= 0.6 is 15.9 Å². The molecule has 0 heterocycles. The molecule has 0 rings (SSSR count). The second kappa shape index (κ2) is 11.7. The van der Waals surface area contributed by atoms with Crippen molar-refractivity contribution in [2.75, 3.05) is 26.1 Å². The topological polar surface area (TPSA) is 101 Å². The van der Waals surface area contributed by atoms with Gasteiger partial charge in [-0.25, -0.2) is 0 Å². The minimum Gasteiger partial charge on any atom is -0.469 e. The Hall–Kier alpha value is -1.27. The Morgan fingerprint density at radius 2 is 1.86 bits per heavy atom. The van der Waals surface area contributed by atoms with Crippen LogP contribution in [-0.4, -0.2) is 38.0 Å². The van der Waals surface area contributed by atoms with Gasteiger partial charge in [0.1, 0.15) is 11.9 Å². The minimum absolute atomic E-state index is 0.229. The summed E-state index contributed by atoms with van der Waals surface area (Å²) in [5, 5.41) is 3.23. The lowest BCUT2D eigenvalue weighted by Gasteiger charge is -1.87. The number of hydrogen-bond donors (Lipinski definition) is 0. The molecule has 0 aromatic rings. The van der Waals surface area contributed by atoms with Crippen LogP contribution in [0.15, 0.2) is 5.11 Å². The van der Waals surface area contributed by atoms with E-state index in [9.17, 15) is 9.59 Å². The summed E-state index contributed by atoms with van der Waals surface area (Å²) in [6.45, 7) is -0.229. The number of carbonyl (C=O) groups excluding carboxylic acids is 2. The molecule has 0 unspecified atom stereocenters. The van der Waals surface area contributed by atoms with Gasteiger partial charge in [0, 0.05) is 4.91 Å². The van der Waals surface area contributed by atoms with Crippen LogP contribution in [0.25, 0.3) is 10.4 Å². The van der Waals surface area contributed by atoms with Gasteiger partial charge in [0.2, 0.25) is 0 Å². The van der Waals surface area contributed by atoms with E-state index in [-0.39, 0.29) is 17.8 Å². The average molecular weight is 268 g/mol. The van der Waals surface area contributed by atoms with Crippen LogP contribution in [0.5, 0.6) is 0 Å². The van der Waals surface area contributed by atoms with E-state index >= 15 is 0 Å². The largest absolute Gasteiger partial charge is 0.469 e. The Labute approximate surface area is 89.1 Å². The maximum Gasteiger partial charge on any atom is 0.316 e. The number of azide groups is 1. The summed E-state index contributed by atoms with van der Waals surface area (Å²) in [6, 6.07) is 0. The first-order valence-electron chi connectivity index (χ1n) is 3.32. The summed E-state index contributed by atoms with van der Waals surface area (Å²) in [5.41, 5.74) is 7.66. The highest BCUT2D eigenvalue weighted by atomic mass is 79.9. The molecule has 0 N–H and O–H groups in total. The highest BCUT2D eigenvalue weighted by Crippen LogP contribution is 1.79. The Balaban J connectivity index is 0. The smallest absolute Gasteiger partial charge is 0.316 e. The molecule has 7 nitrogen and oxygen atoms in total. The van der Waals surface area contributed by atoms with Gasteiger partial charge in [0.15, 0.2) is 0 Å². The number of esters is 2. The van der Waals surface area contributed by atoms with Crippen molar-refractivity contribution in [3.63, 3.8) is 0 Å². The van der Waals surface area contributed by atoms with Gasteiger partial charge in [-0.3, -0.25) is 9.59 Å². The molecule has 0 spiro atoms. The molecule has 14 heavy (non-hydrogen) atoms. The van der Waals surface area contributed by atoms with E-state index in [0.717, 1.165) is 0 Å². The molecule has 0 aliphatic rings. The third-order valence-electron chi connectivity index (χ3n) is 0.828. The summed E-state index contributed by atoms with van der Waals surface area (Å²) < 4.78 is 8.36. The molecule has 0 radical (unpaired) electrons. The van der Waals surface area contributed by atoms with E-state index < -0.39 is 5.97 Å². The molecule has 0 bridgehead atoms. The number of hydrogen-bond acceptors (Lipinski definition) is 5. The Morgan fingerprint density at radius 3 is 2.07 bits per heavy atom. The van der Waals surface area contributed by atoms with Crippen LogP contribution in [0, 0.1) is 0 Å². The quantitative estimate of drug-likeness (QED) is 0.250. The molecule has 0 atom stereocenters. The summed E-state index contributed by atoms with van der Waals surface area (Å²) in [6.07, 6.45) is 0. The highest BCUT2D eigenvalue weighted by Gasteiger charge is 1.92. The third kappa shape index (κ3) is 13.3. The number of alkyl halides is 1. The monoisotopic (exact) mass is 267 g/mol. The normalized spacial score (nSPS) is 7.36. The fourth-order valence-electron chi connectivity index (χ4n) is 0.208. The number of rotatable bonds is 3. The molecule has 0 aliphatic carbocycles. The standard InChI is InChI=1S/C3H5BrO2.C3H5N3O2/c1-6-3(5)2-4;1-8-3(7)2-5-6-4/h2H2,1H3;2H2,1H3. The molecule has 0 saturated heterocycles. The first kappa shape index (κ1) is 15.2. The molecular formula is C6H10BrN3O4. The number of methoxy groups -OCH3 is 2. The number of halogens is 1. The lowest BCUT2D eigenvalue weighted by molar-refractivity contribution is -0.139. The summed E-state index contributed by atoms with van der Waals surface area (Å²) in [4.78, 5) is 22.3. The van der Waals surface area contributed by atoms with Crippen molar-refractivity contribution in [1.29, 1.82) is 0 Å². The molecule has 0 amide bonds. The van der Waals surface area contributed by atoms with Crippen molar-refractivity contribution in [1.82, 2.24) is 0 Å². The van der Waals surface area contributed by atoms with E-state index in [1.165, 1.54) is 14.2 Å². The second-order valence-electron chi connectivity index (χ2n) is 1.67. The molecular weight excluding hydrogens is 258 g/mol. The summed E-state index contributed by atoms with van der Waals surface area (Å²) in [5.74, 6) is -0.766. The molecule has 0 aromatic heterocycles. The van der Waals surface area contributed by atoms with Gasteiger partial charge in [-0.15, -0.1) is 0 Å². The van der Waals surface area contributed by atoms with E-state index in [0.29, 0.717) is 0 Å². The highest BCUT2D eigenvalue weighted by molar-refractivity contribution is 9.09. The molecule has 80 valence electrons. The maximum atomic E-state index is 10.1. The second-order valence-corrected chi connectivity index (χ2v) is 2.24. The van der Waals surface area contributed by atoms with Crippen molar-refractivity contribution >= 4 is 27.9 Å². The maximum absolute atomic E-state index is 10.1. The van der Waals surface area contributed by atoms with Crippen LogP contribution in [0.4, 0.5) is 0 Å². The van der Waals surface area contributed by atoms with Gasteiger partial charge >= 0.3 is 11.9 Å². The van der Waals surface area contributed by atoms with Crippen molar-refractivity contribution in [3.8, 4) is 0 Å². The van der Waals surface area contributed by atoms with Gasteiger partial charge in [-0.05, 0) is 5.53 Å². The summed E-state index contributed by atoms with van der Waals surface area (Å²) >= 11 is 2.90. The van der Waals surface area contributed by atoms with Crippen LogP contribution < -0.4 is 0 Å². The van der Waals surface area contributed by atoms with Gasteiger partial charge in [-0.2, -0.15) is 0 Å². The molecule has 0 saturated carbocycles. The van der Waals surface area contributed by atoms with Gasteiger partial charge in [0.05, 0.1) is 14.2 Å². The van der Waals surface area contributed by atoms with Crippen LogP contribution in [0.2, 0.25) is 0 Å². The molecule has 0 aromatic carbocycles. The average Bonchev–Trinajstić information content (AvgIpc) is 2.25. The van der Waals surface area contributed by atoms with Crippen LogP contribution in [0.1, 0.15) is 0 Å². The lowest BCUT2D eigenvalue weighted by atomic mass is 10.7. The van der Waals surface area contributed by atoms with Crippen molar-refractivity contribution in [2.45, 2.75) is 0 Å². The van der Waals surface area contributed by atoms with Gasteiger partial charge in [0.25, 0.3) is 0 Å². The van der Waals surface area contributed by atoms with Crippen molar-refractivity contribution in [2.24, 2.45) is 5.11 Å². The van der Waals surface area contributed by atoms with Crippen molar-refractivity contribution < 1.29 is 19.1 Å². The van der Waals surface area contributed by atoms with Crippen molar-refractivity contribution in [3.05, 3.63) is 10.4 Å². The fourth-order valence-corrected chi connectivity index (χ4v) is 0.437. The van der Waals surface area contributed by atoms with Crippen LogP contribution in [-0.2, 0) is 19.1 Å². The van der Waals surface area contributed by atoms with Gasteiger partial charge < -0.3 is 9.47 Å². The Morgan fingerprint density at radius 1 is 1.36 bits per heavy atom. The van der Waals surface area contributed by atoms with E-state index in [1.54, 1.807) is 0 Å². The first-order chi connectivity index (χ1) is 6.62. The predicted molar refractivity (Wildman–Crippen MR) is 51.8 cm³/mol. The van der Waals surface area contributed by atoms with E-state index in [2.05, 4.69) is 35.4 Å². The van der Waals surface area contributed by atoms with Gasteiger partial charge in [-0.1, -0.05) is 21.0 Å². The zero-order valence-corrected chi connectivity index (χ0v) is 9.35. The SMILES string of the molecule is COC(=O)CBr.COC(=O)CN=[N+]=[N-]. The lowest BCUT2D eigenvalue weighted by Crippen LogP contribution is -2.02. The summed E-state index contributed by atoms with van der Waals surface area (Å²) in [7, 11) is 2.58. The first-order valence-corrected chi connectivity index (χ1v) is 4.45. The third-order valence-corrected chi connectivity index (χ3v) is 1.29.